The van der Waals surface area contributed by atoms with E-state index in [-0.39, 0.29) is 0 Å². The molecule has 0 N–H and O–H groups in total. The minimum Gasteiger partial charge on any atom is -0.0619 e. The van der Waals surface area contributed by atoms with Gasteiger partial charge in [-0.3, -0.25) is 0 Å². The minimum atomic E-state index is 0.330. The summed E-state index contributed by atoms with van der Waals surface area (Å²) in [6, 6.07) is 16.1. The Morgan fingerprint density at radius 3 is 2.37 bits per heavy atom. The summed E-state index contributed by atoms with van der Waals surface area (Å²) in [7, 11) is 0. The van der Waals surface area contributed by atoms with Crippen molar-refractivity contribution in [3.05, 3.63) is 59.2 Å². The van der Waals surface area contributed by atoms with E-state index < -0.39 is 0 Å². The van der Waals surface area contributed by atoms with Gasteiger partial charge in [0.05, 0.1) is 0 Å². The monoisotopic (exact) mass is 248 g/mol. The van der Waals surface area contributed by atoms with Crippen molar-refractivity contribution >= 4 is 0 Å². The van der Waals surface area contributed by atoms with E-state index in [9.17, 15) is 0 Å². The molecule has 1 saturated carbocycles. The molecular weight excluding hydrogens is 228 g/mol. The second-order valence-electron chi connectivity index (χ2n) is 6.24. The van der Waals surface area contributed by atoms with E-state index in [4.69, 9.17) is 0 Å². The van der Waals surface area contributed by atoms with Crippen LogP contribution in [0.3, 0.4) is 0 Å². The molecule has 0 unspecified atom stereocenters. The molecule has 0 bridgehead atoms. The highest BCUT2D eigenvalue weighted by Gasteiger charge is 2.43. The Hall–Kier alpha value is -1.56. The predicted molar refractivity (Wildman–Crippen MR) is 80.5 cm³/mol. The average molecular weight is 248 g/mol. The van der Waals surface area contributed by atoms with Crippen LogP contribution in [0.15, 0.2) is 42.5 Å². The van der Waals surface area contributed by atoms with Crippen LogP contribution in [0.2, 0.25) is 0 Å². The topological polar surface area (TPSA) is 0 Å². The molecule has 0 nitrogen and oxygen atoms in total. The van der Waals surface area contributed by atoms with E-state index >= 15 is 0 Å². The molecule has 19 heavy (non-hydrogen) atoms. The Kier molecular flexibility index (Phi) is 2.35. The van der Waals surface area contributed by atoms with Gasteiger partial charge in [0.15, 0.2) is 0 Å². The number of hydrogen-bond acceptors (Lipinski definition) is 0. The fourth-order valence-corrected chi connectivity index (χ4v) is 4.26. The fraction of sp³-hybridized carbons (Fsp3) is 0.368. The summed E-state index contributed by atoms with van der Waals surface area (Å²) < 4.78 is 0. The van der Waals surface area contributed by atoms with Crippen LogP contribution < -0.4 is 0 Å². The molecule has 96 valence electrons. The van der Waals surface area contributed by atoms with Gasteiger partial charge in [0.25, 0.3) is 0 Å². The van der Waals surface area contributed by atoms with Crippen molar-refractivity contribution in [2.24, 2.45) is 0 Å². The summed E-state index contributed by atoms with van der Waals surface area (Å²) in [5, 5.41) is 0. The molecule has 0 radical (unpaired) electrons. The van der Waals surface area contributed by atoms with Crippen molar-refractivity contribution in [3.63, 3.8) is 0 Å². The molecule has 0 saturated heterocycles. The normalized spacial score (nSPS) is 19.2. The minimum absolute atomic E-state index is 0.330. The molecule has 2 aromatic carbocycles. The van der Waals surface area contributed by atoms with Crippen LogP contribution >= 0.6 is 0 Å². The van der Waals surface area contributed by atoms with Crippen LogP contribution in [-0.4, -0.2) is 0 Å². The van der Waals surface area contributed by atoms with E-state index in [1.807, 2.05) is 0 Å². The third kappa shape index (κ3) is 1.46. The Morgan fingerprint density at radius 2 is 1.53 bits per heavy atom. The van der Waals surface area contributed by atoms with Gasteiger partial charge in [-0.2, -0.15) is 0 Å². The quantitative estimate of drug-likeness (QED) is 0.599. The second kappa shape index (κ2) is 3.96. The molecule has 1 fully saturated rings. The van der Waals surface area contributed by atoms with Gasteiger partial charge in [-0.15, -0.1) is 0 Å². The van der Waals surface area contributed by atoms with Gasteiger partial charge in [-0.1, -0.05) is 67.3 Å². The van der Waals surface area contributed by atoms with Gasteiger partial charge in [0, 0.05) is 5.41 Å². The number of fused-ring (bicyclic) bond motifs is 5. The first-order chi connectivity index (χ1) is 9.31. The Morgan fingerprint density at radius 1 is 0.789 bits per heavy atom. The highest BCUT2D eigenvalue weighted by molar-refractivity contribution is 5.81. The Balaban J connectivity index is 2.03. The second-order valence-corrected chi connectivity index (χ2v) is 6.24. The summed E-state index contributed by atoms with van der Waals surface area (Å²) in [4.78, 5) is 0. The number of hydrogen-bond donors (Lipinski definition) is 0. The lowest BCUT2D eigenvalue weighted by Crippen LogP contribution is -2.28. The maximum Gasteiger partial charge on any atom is 0.0215 e. The van der Waals surface area contributed by atoms with Crippen LogP contribution in [0.5, 0.6) is 0 Å². The summed E-state index contributed by atoms with van der Waals surface area (Å²) >= 11 is 0. The number of rotatable bonds is 0. The summed E-state index contributed by atoms with van der Waals surface area (Å²) in [5.41, 5.74) is 7.90. The molecule has 0 aliphatic heterocycles. The van der Waals surface area contributed by atoms with E-state index in [1.54, 1.807) is 11.1 Å². The van der Waals surface area contributed by atoms with Crippen molar-refractivity contribution in [1.82, 2.24) is 0 Å². The van der Waals surface area contributed by atoms with Crippen LogP contribution in [0.4, 0.5) is 0 Å². The molecule has 0 heterocycles. The maximum absolute atomic E-state index is 2.45. The highest BCUT2D eigenvalue weighted by atomic mass is 14.5. The molecule has 0 amide bonds. The van der Waals surface area contributed by atoms with E-state index in [0.717, 1.165) is 0 Å². The molecule has 0 aromatic heterocycles. The third-order valence-corrected chi connectivity index (χ3v) is 5.13. The van der Waals surface area contributed by atoms with Crippen LogP contribution in [-0.2, 0) is 5.41 Å². The fourth-order valence-electron chi connectivity index (χ4n) is 4.26. The molecule has 2 aliphatic rings. The zero-order valence-corrected chi connectivity index (χ0v) is 11.6. The zero-order valence-electron chi connectivity index (χ0n) is 11.6. The van der Waals surface area contributed by atoms with Gasteiger partial charge in [-0.05, 0) is 42.0 Å². The third-order valence-electron chi connectivity index (χ3n) is 5.13. The average Bonchev–Trinajstić information content (AvgIpc) is 2.71. The van der Waals surface area contributed by atoms with E-state index in [2.05, 4.69) is 49.4 Å². The lowest BCUT2D eigenvalue weighted by Gasteiger charge is -2.36. The summed E-state index contributed by atoms with van der Waals surface area (Å²) in [5.74, 6) is 0. The highest BCUT2D eigenvalue weighted by Crippen LogP contribution is 2.55. The first kappa shape index (κ1) is 11.3. The van der Waals surface area contributed by atoms with Crippen molar-refractivity contribution < 1.29 is 0 Å². The van der Waals surface area contributed by atoms with E-state index in [1.165, 1.54) is 48.8 Å². The molecule has 4 rings (SSSR count). The van der Waals surface area contributed by atoms with Crippen LogP contribution in [0.1, 0.15) is 48.8 Å². The predicted octanol–water partition coefficient (Wildman–Crippen LogP) is 5.23. The first-order valence-electron chi connectivity index (χ1n) is 7.52. The molecular formula is C19H20. The van der Waals surface area contributed by atoms with Crippen molar-refractivity contribution in [2.75, 3.05) is 0 Å². The molecule has 2 aromatic rings. The van der Waals surface area contributed by atoms with Crippen molar-refractivity contribution in [1.29, 1.82) is 0 Å². The van der Waals surface area contributed by atoms with Crippen molar-refractivity contribution in [2.45, 2.75) is 44.4 Å². The van der Waals surface area contributed by atoms with Gasteiger partial charge < -0.3 is 0 Å². The van der Waals surface area contributed by atoms with Gasteiger partial charge in [0.2, 0.25) is 0 Å². The molecule has 0 heteroatoms. The maximum atomic E-state index is 2.45. The number of aryl methyl sites for hydroxylation is 1. The van der Waals surface area contributed by atoms with Gasteiger partial charge in [-0.25, -0.2) is 0 Å². The Bertz CT molecular complexity index is 630. The molecule has 0 atom stereocenters. The van der Waals surface area contributed by atoms with E-state index in [0.29, 0.717) is 5.41 Å². The smallest absolute Gasteiger partial charge is 0.0215 e. The van der Waals surface area contributed by atoms with Gasteiger partial charge >= 0.3 is 0 Å². The lowest BCUT2D eigenvalue weighted by atomic mass is 9.68. The molecule has 2 aliphatic carbocycles. The largest absolute Gasteiger partial charge is 0.0619 e. The summed E-state index contributed by atoms with van der Waals surface area (Å²) in [6.45, 7) is 2.22. The van der Waals surface area contributed by atoms with Crippen LogP contribution in [0.25, 0.3) is 11.1 Å². The first-order valence-corrected chi connectivity index (χ1v) is 7.52. The van der Waals surface area contributed by atoms with Crippen LogP contribution in [0, 0.1) is 6.92 Å². The lowest BCUT2D eigenvalue weighted by molar-refractivity contribution is 0.352. The number of benzene rings is 2. The summed E-state index contributed by atoms with van der Waals surface area (Å²) in [6.07, 6.45) is 6.83. The molecule has 1 spiro atoms. The van der Waals surface area contributed by atoms with Crippen molar-refractivity contribution in [3.8, 4) is 11.1 Å². The SMILES string of the molecule is Cc1ccc2c(c1)C1(CCCCC1)c1ccccc1-2. The van der Waals surface area contributed by atoms with Gasteiger partial charge in [0.1, 0.15) is 0 Å². The standard InChI is InChI=1S/C19H20/c1-14-9-10-16-15-7-3-4-8-17(15)19(18(16)13-14)11-5-2-6-12-19/h3-4,7-10,13H,2,5-6,11-12H2,1H3. The Labute approximate surface area is 115 Å². The zero-order chi connectivity index (χ0) is 12.9.